The summed E-state index contributed by atoms with van der Waals surface area (Å²) in [5.74, 6) is 0. The van der Waals surface area contributed by atoms with Crippen molar-refractivity contribution in [2.75, 3.05) is 0 Å². The third-order valence-electron chi connectivity index (χ3n) is 3.27. The molecule has 1 aromatic heterocycles. The molecule has 0 spiro atoms. The Morgan fingerprint density at radius 2 is 1.89 bits per heavy atom. The second-order valence-corrected chi connectivity index (χ2v) is 4.39. The summed E-state index contributed by atoms with van der Waals surface area (Å²) in [5, 5.41) is 9.59. The van der Waals surface area contributed by atoms with Gasteiger partial charge < -0.3 is 0 Å². The molecule has 1 heterocycles. The first-order chi connectivity index (χ1) is 9.30. The maximum absolute atomic E-state index is 9.59. The van der Waals surface area contributed by atoms with Gasteiger partial charge in [-0.1, -0.05) is 49.4 Å². The highest BCUT2D eigenvalue weighted by Crippen LogP contribution is 2.29. The molecule has 2 aromatic rings. The first-order valence-corrected chi connectivity index (χ1v) is 6.38. The molecular weight excluding hydrogens is 232 g/mol. The predicted octanol–water partition coefficient (Wildman–Crippen LogP) is 3.97. The Kier molecular flexibility index (Phi) is 4.10. The lowest BCUT2D eigenvalue weighted by Crippen LogP contribution is -2.19. The molecule has 0 N–H and O–H groups in total. The molecule has 1 aromatic carbocycles. The average molecular weight is 248 g/mol. The van der Waals surface area contributed by atoms with E-state index in [0.29, 0.717) is 0 Å². The maximum Gasteiger partial charge on any atom is 0.100 e. The van der Waals surface area contributed by atoms with E-state index in [1.807, 2.05) is 67.6 Å². The first kappa shape index (κ1) is 13.0. The fourth-order valence-corrected chi connectivity index (χ4v) is 2.04. The molecule has 0 amide bonds. The molecule has 0 aliphatic rings. The van der Waals surface area contributed by atoms with E-state index in [1.165, 1.54) is 0 Å². The summed E-state index contributed by atoms with van der Waals surface area (Å²) < 4.78 is 0. The number of nitrogens with zero attached hydrogens (tertiary/aromatic N) is 2. The minimum atomic E-state index is -0.585. The number of pyridine rings is 1. The van der Waals surface area contributed by atoms with Crippen LogP contribution in [0.3, 0.4) is 0 Å². The number of hydrogen-bond acceptors (Lipinski definition) is 2. The van der Waals surface area contributed by atoms with Crippen LogP contribution in [0.2, 0.25) is 0 Å². The van der Waals surface area contributed by atoms with Crippen molar-refractivity contribution in [3.63, 3.8) is 0 Å². The van der Waals surface area contributed by atoms with E-state index in [1.54, 1.807) is 6.20 Å². The zero-order valence-electron chi connectivity index (χ0n) is 11.0. The van der Waals surface area contributed by atoms with Gasteiger partial charge in [0, 0.05) is 6.20 Å². The summed E-state index contributed by atoms with van der Waals surface area (Å²) >= 11 is 0. The van der Waals surface area contributed by atoms with Gasteiger partial charge in [-0.2, -0.15) is 5.26 Å². The minimum Gasteiger partial charge on any atom is -0.257 e. The Labute approximate surface area is 114 Å². The van der Waals surface area contributed by atoms with E-state index < -0.39 is 5.41 Å². The Bertz CT molecular complexity index is 582. The van der Waals surface area contributed by atoms with Crippen LogP contribution in [0.25, 0.3) is 6.08 Å². The third kappa shape index (κ3) is 2.89. The van der Waals surface area contributed by atoms with Crippen molar-refractivity contribution >= 4 is 6.08 Å². The van der Waals surface area contributed by atoms with Crippen LogP contribution in [0.1, 0.15) is 24.6 Å². The van der Waals surface area contributed by atoms with Gasteiger partial charge in [-0.05, 0) is 30.2 Å². The van der Waals surface area contributed by atoms with Crippen molar-refractivity contribution in [2.45, 2.75) is 18.8 Å². The van der Waals surface area contributed by atoms with Gasteiger partial charge in [-0.25, -0.2) is 0 Å². The molecule has 2 nitrogen and oxygen atoms in total. The van der Waals surface area contributed by atoms with Gasteiger partial charge in [0.2, 0.25) is 0 Å². The quantitative estimate of drug-likeness (QED) is 0.821. The second kappa shape index (κ2) is 5.97. The van der Waals surface area contributed by atoms with Gasteiger partial charge in [0.15, 0.2) is 0 Å². The van der Waals surface area contributed by atoms with Crippen molar-refractivity contribution in [1.82, 2.24) is 4.98 Å². The van der Waals surface area contributed by atoms with Crippen LogP contribution in [-0.2, 0) is 5.41 Å². The van der Waals surface area contributed by atoms with Gasteiger partial charge in [0.05, 0.1) is 11.8 Å². The van der Waals surface area contributed by atoms with E-state index in [4.69, 9.17) is 0 Å². The number of benzene rings is 1. The monoisotopic (exact) mass is 248 g/mol. The lowest BCUT2D eigenvalue weighted by atomic mass is 9.79. The molecule has 0 bridgehead atoms. The molecular formula is C17H16N2. The second-order valence-electron chi connectivity index (χ2n) is 4.39. The number of rotatable bonds is 4. The van der Waals surface area contributed by atoms with Gasteiger partial charge >= 0.3 is 0 Å². The van der Waals surface area contributed by atoms with Crippen LogP contribution in [0.15, 0.2) is 60.8 Å². The molecule has 0 fully saturated rings. The lowest BCUT2D eigenvalue weighted by molar-refractivity contribution is 0.660. The zero-order valence-corrected chi connectivity index (χ0v) is 11.0. The topological polar surface area (TPSA) is 36.7 Å². The smallest absolute Gasteiger partial charge is 0.100 e. The third-order valence-corrected chi connectivity index (χ3v) is 3.27. The number of allylic oxidation sites excluding steroid dienone is 1. The molecule has 0 aliphatic carbocycles. The van der Waals surface area contributed by atoms with Crippen LogP contribution in [0.4, 0.5) is 0 Å². The summed E-state index contributed by atoms with van der Waals surface area (Å²) in [6.07, 6.45) is 6.35. The van der Waals surface area contributed by atoms with Crippen molar-refractivity contribution in [3.8, 4) is 6.07 Å². The average Bonchev–Trinajstić information content (AvgIpc) is 2.51. The molecule has 0 saturated heterocycles. The van der Waals surface area contributed by atoms with Crippen LogP contribution < -0.4 is 0 Å². The Balaban J connectivity index is 2.37. The van der Waals surface area contributed by atoms with Gasteiger partial charge in [0.1, 0.15) is 5.41 Å². The van der Waals surface area contributed by atoms with Crippen molar-refractivity contribution < 1.29 is 0 Å². The predicted molar refractivity (Wildman–Crippen MR) is 77.3 cm³/mol. The highest BCUT2D eigenvalue weighted by Gasteiger charge is 2.26. The minimum absolute atomic E-state index is 0.585. The number of hydrogen-bond donors (Lipinski definition) is 0. The van der Waals surface area contributed by atoms with Gasteiger partial charge in [0.25, 0.3) is 0 Å². The van der Waals surface area contributed by atoms with Crippen molar-refractivity contribution in [3.05, 3.63) is 72.1 Å². The number of aromatic nitrogens is 1. The Morgan fingerprint density at radius 3 is 2.47 bits per heavy atom. The highest BCUT2D eigenvalue weighted by molar-refractivity contribution is 5.51. The Hall–Kier alpha value is -2.40. The molecule has 0 radical (unpaired) electrons. The molecule has 19 heavy (non-hydrogen) atoms. The highest BCUT2D eigenvalue weighted by atomic mass is 14.6. The van der Waals surface area contributed by atoms with E-state index in [0.717, 1.165) is 17.7 Å². The van der Waals surface area contributed by atoms with Crippen LogP contribution in [0.5, 0.6) is 0 Å². The van der Waals surface area contributed by atoms with Gasteiger partial charge in [-0.3, -0.25) is 4.98 Å². The fraction of sp³-hybridized carbons (Fsp3) is 0.176. The summed E-state index contributed by atoms with van der Waals surface area (Å²) in [6, 6.07) is 18.1. The molecule has 2 rings (SSSR count). The molecule has 94 valence electrons. The first-order valence-electron chi connectivity index (χ1n) is 6.38. The standard InChI is InChI=1S/C17H16N2/c1-2-17(14-18,15-8-4-3-5-9-15)12-11-16-10-6-7-13-19-16/h3-13H,2H2,1H3/b12-11+. The molecule has 0 aliphatic heterocycles. The normalized spacial score (nSPS) is 13.9. The summed E-state index contributed by atoms with van der Waals surface area (Å²) in [4.78, 5) is 4.25. The lowest BCUT2D eigenvalue weighted by Gasteiger charge is -2.21. The molecule has 1 atom stereocenters. The molecule has 2 heteroatoms. The molecule has 1 unspecified atom stereocenters. The van der Waals surface area contributed by atoms with E-state index in [2.05, 4.69) is 11.1 Å². The summed E-state index contributed by atoms with van der Waals surface area (Å²) in [6.45, 7) is 2.03. The number of nitriles is 1. The van der Waals surface area contributed by atoms with Gasteiger partial charge in [-0.15, -0.1) is 0 Å². The fourth-order valence-electron chi connectivity index (χ4n) is 2.04. The van der Waals surface area contributed by atoms with Crippen LogP contribution >= 0.6 is 0 Å². The maximum atomic E-state index is 9.59. The summed E-state index contributed by atoms with van der Waals surface area (Å²) in [5.41, 5.74) is 1.30. The van der Waals surface area contributed by atoms with E-state index in [-0.39, 0.29) is 0 Å². The largest absolute Gasteiger partial charge is 0.257 e. The van der Waals surface area contributed by atoms with Crippen LogP contribution in [-0.4, -0.2) is 4.98 Å². The van der Waals surface area contributed by atoms with E-state index in [9.17, 15) is 5.26 Å². The van der Waals surface area contributed by atoms with Crippen molar-refractivity contribution in [2.24, 2.45) is 0 Å². The zero-order chi connectivity index (χ0) is 13.6. The van der Waals surface area contributed by atoms with Crippen molar-refractivity contribution in [1.29, 1.82) is 5.26 Å². The van der Waals surface area contributed by atoms with Crippen LogP contribution in [0, 0.1) is 11.3 Å². The van der Waals surface area contributed by atoms with E-state index >= 15 is 0 Å². The molecule has 0 saturated carbocycles. The SMILES string of the molecule is CCC(C#N)(/C=C/c1ccccn1)c1ccccc1. The Morgan fingerprint density at radius 1 is 1.16 bits per heavy atom. The summed E-state index contributed by atoms with van der Waals surface area (Å²) in [7, 11) is 0.